The summed E-state index contributed by atoms with van der Waals surface area (Å²) >= 11 is 11.8. The van der Waals surface area contributed by atoms with Gasteiger partial charge in [-0.15, -0.1) is 0 Å². The minimum absolute atomic E-state index is 0.000883. The molecule has 13 heteroatoms. The SMILES string of the molecule is CCCCCOC(=O)COc1cc(N2C(=O)C3=C(CCCC3)C2=O)c(F)cc1Cl.Nc1cnn(-c2ccccc2)c(=O)c1Cl. The number of rotatable bonds is 9. The number of amides is 2. The second kappa shape index (κ2) is 15.0. The number of carbonyl (C=O) groups excluding carboxylic acids is 3. The molecule has 5 rings (SSSR count). The molecule has 0 saturated carbocycles. The molecule has 3 aromatic rings. The molecule has 1 aliphatic carbocycles. The lowest BCUT2D eigenvalue weighted by atomic mass is 9.93. The van der Waals surface area contributed by atoms with Crippen LogP contribution in [0.5, 0.6) is 5.75 Å². The molecule has 10 nitrogen and oxygen atoms in total. The first-order valence-corrected chi connectivity index (χ1v) is 14.9. The molecular formula is C31H31Cl2FN4O6. The van der Waals surface area contributed by atoms with Gasteiger partial charge < -0.3 is 15.2 Å². The van der Waals surface area contributed by atoms with E-state index in [-0.39, 0.29) is 27.2 Å². The van der Waals surface area contributed by atoms with E-state index < -0.39 is 35.8 Å². The van der Waals surface area contributed by atoms with Crippen LogP contribution in [0.2, 0.25) is 10.0 Å². The second-order valence-corrected chi connectivity index (χ2v) is 10.8. The molecule has 2 aliphatic rings. The fourth-order valence-electron chi connectivity index (χ4n) is 4.67. The summed E-state index contributed by atoms with van der Waals surface area (Å²) in [5, 5.41) is 3.83. The molecule has 2 amide bonds. The van der Waals surface area contributed by atoms with Crippen LogP contribution in [0.1, 0.15) is 51.9 Å². The van der Waals surface area contributed by atoms with Gasteiger partial charge >= 0.3 is 5.97 Å². The molecule has 2 aromatic carbocycles. The van der Waals surface area contributed by atoms with Crippen LogP contribution in [0.15, 0.2) is 64.6 Å². The Bertz CT molecular complexity index is 1620. The van der Waals surface area contributed by atoms with Crippen molar-refractivity contribution in [2.45, 2.75) is 51.9 Å². The number of unbranched alkanes of at least 4 members (excludes halogenated alkanes) is 2. The molecular weight excluding hydrogens is 614 g/mol. The van der Waals surface area contributed by atoms with Gasteiger partial charge in [0.2, 0.25) is 0 Å². The lowest BCUT2D eigenvalue weighted by Crippen LogP contribution is -2.32. The highest BCUT2D eigenvalue weighted by molar-refractivity contribution is 6.34. The van der Waals surface area contributed by atoms with Crippen LogP contribution in [0.4, 0.5) is 15.8 Å². The standard InChI is InChI=1S/C21H23ClFNO5.C10H8ClN3O/c1-2-3-6-9-28-19(25)12-29-18-11-17(16(23)10-15(18)22)24-20(26)13-7-4-5-8-14(13)21(24)27;11-9-8(12)6-13-14(10(9)15)7-4-2-1-3-5-7/h10-11H,2-9,12H2,1H3;1-6H,12H2. The lowest BCUT2D eigenvalue weighted by Gasteiger charge is -2.18. The first kappa shape index (κ1) is 32.7. The third-order valence-corrected chi connectivity index (χ3v) is 7.61. The zero-order valence-corrected chi connectivity index (χ0v) is 25.5. The number of nitrogens with two attached hydrogens (primary N) is 1. The number of halogens is 3. The van der Waals surface area contributed by atoms with Gasteiger partial charge in [-0.2, -0.15) is 9.78 Å². The van der Waals surface area contributed by atoms with Crippen LogP contribution in [0.25, 0.3) is 5.69 Å². The van der Waals surface area contributed by atoms with Crippen molar-refractivity contribution in [3.05, 3.63) is 86.0 Å². The number of aromatic nitrogens is 2. The van der Waals surface area contributed by atoms with E-state index in [0.717, 1.165) is 43.1 Å². The Morgan fingerprint density at radius 1 is 1.02 bits per heavy atom. The summed E-state index contributed by atoms with van der Waals surface area (Å²) in [6.45, 7) is 1.93. The summed E-state index contributed by atoms with van der Waals surface area (Å²) in [4.78, 5) is 49.6. The number of imide groups is 1. The van der Waals surface area contributed by atoms with E-state index >= 15 is 0 Å². The number of hydrogen-bond acceptors (Lipinski definition) is 8. The average molecular weight is 646 g/mol. The van der Waals surface area contributed by atoms with Crippen molar-refractivity contribution in [1.82, 2.24) is 9.78 Å². The first-order chi connectivity index (χ1) is 21.1. The number of nitrogens with zero attached hydrogens (tertiary/aromatic N) is 3. The van der Waals surface area contributed by atoms with Gasteiger partial charge in [-0.05, 0) is 50.3 Å². The maximum atomic E-state index is 14.5. The van der Waals surface area contributed by atoms with Crippen molar-refractivity contribution in [1.29, 1.82) is 0 Å². The van der Waals surface area contributed by atoms with E-state index in [0.29, 0.717) is 36.3 Å². The van der Waals surface area contributed by atoms with Crippen molar-refractivity contribution in [3.8, 4) is 11.4 Å². The molecule has 44 heavy (non-hydrogen) atoms. The van der Waals surface area contributed by atoms with Crippen LogP contribution in [0, 0.1) is 5.82 Å². The normalized spacial score (nSPS) is 14.2. The van der Waals surface area contributed by atoms with Gasteiger partial charge in [0.15, 0.2) is 6.61 Å². The highest BCUT2D eigenvalue weighted by atomic mass is 35.5. The van der Waals surface area contributed by atoms with Crippen molar-refractivity contribution in [3.63, 3.8) is 0 Å². The Balaban J connectivity index is 0.000000246. The van der Waals surface area contributed by atoms with Gasteiger partial charge in [0.1, 0.15) is 16.6 Å². The molecule has 2 heterocycles. The Kier molecular flexibility index (Phi) is 11.1. The second-order valence-electron chi connectivity index (χ2n) is 10.0. The van der Waals surface area contributed by atoms with Gasteiger partial charge in [-0.1, -0.05) is 61.2 Å². The predicted octanol–water partition coefficient (Wildman–Crippen LogP) is 5.80. The molecule has 0 radical (unpaired) electrons. The van der Waals surface area contributed by atoms with Crippen LogP contribution in [-0.2, 0) is 19.1 Å². The fraction of sp³-hybridized carbons (Fsp3) is 0.323. The molecule has 0 unspecified atom stereocenters. The Labute approximate surface area is 263 Å². The van der Waals surface area contributed by atoms with Crippen LogP contribution < -0.4 is 20.9 Å². The van der Waals surface area contributed by atoms with E-state index in [4.69, 9.17) is 38.4 Å². The molecule has 1 aliphatic heterocycles. The third kappa shape index (κ3) is 7.46. The van der Waals surface area contributed by atoms with Crippen LogP contribution in [0.3, 0.4) is 0 Å². The molecule has 232 valence electrons. The smallest absolute Gasteiger partial charge is 0.344 e. The summed E-state index contributed by atoms with van der Waals surface area (Å²) in [6.07, 6.45) is 6.76. The Morgan fingerprint density at radius 3 is 2.32 bits per heavy atom. The van der Waals surface area contributed by atoms with Crippen molar-refractivity contribution in [2.24, 2.45) is 0 Å². The van der Waals surface area contributed by atoms with E-state index in [1.54, 1.807) is 12.1 Å². The fourth-order valence-corrected chi connectivity index (χ4v) is 5.01. The molecule has 0 spiro atoms. The van der Waals surface area contributed by atoms with Crippen molar-refractivity contribution in [2.75, 3.05) is 23.8 Å². The maximum Gasteiger partial charge on any atom is 0.344 e. The maximum absolute atomic E-state index is 14.5. The highest BCUT2D eigenvalue weighted by Gasteiger charge is 2.41. The van der Waals surface area contributed by atoms with Crippen LogP contribution >= 0.6 is 23.2 Å². The molecule has 0 bridgehead atoms. The van der Waals surface area contributed by atoms with Gasteiger partial charge in [0.05, 0.1) is 34.9 Å². The summed E-state index contributed by atoms with van der Waals surface area (Å²) in [5.74, 6) is -2.40. The van der Waals surface area contributed by atoms with Gasteiger partial charge in [0.25, 0.3) is 17.4 Å². The minimum Gasteiger partial charge on any atom is -0.480 e. The summed E-state index contributed by atoms with van der Waals surface area (Å²) in [6, 6.07) is 11.2. The van der Waals surface area contributed by atoms with Gasteiger partial charge in [0, 0.05) is 17.2 Å². The Morgan fingerprint density at radius 2 is 1.68 bits per heavy atom. The summed E-state index contributed by atoms with van der Waals surface area (Å²) in [7, 11) is 0. The average Bonchev–Trinajstić information content (AvgIpc) is 3.28. The zero-order valence-electron chi connectivity index (χ0n) is 24.0. The lowest BCUT2D eigenvalue weighted by molar-refractivity contribution is -0.146. The first-order valence-electron chi connectivity index (χ1n) is 14.1. The van der Waals surface area contributed by atoms with E-state index in [9.17, 15) is 23.6 Å². The molecule has 0 atom stereocenters. The third-order valence-electron chi connectivity index (χ3n) is 6.94. The van der Waals surface area contributed by atoms with E-state index in [1.165, 1.54) is 16.9 Å². The topological polar surface area (TPSA) is 134 Å². The van der Waals surface area contributed by atoms with E-state index in [2.05, 4.69) is 5.10 Å². The largest absolute Gasteiger partial charge is 0.480 e. The number of carbonyl (C=O) groups is 3. The van der Waals surface area contributed by atoms with Gasteiger partial charge in [-0.3, -0.25) is 14.4 Å². The molecule has 0 saturated heterocycles. The predicted molar refractivity (Wildman–Crippen MR) is 165 cm³/mol. The van der Waals surface area contributed by atoms with Crippen molar-refractivity contribution < 1.29 is 28.2 Å². The van der Waals surface area contributed by atoms with Crippen LogP contribution in [-0.4, -0.2) is 40.8 Å². The number of hydrogen-bond donors (Lipinski definition) is 1. The monoisotopic (exact) mass is 644 g/mol. The molecule has 2 N–H and O–H groups in total. The number of para-hydroxylation sites is 1. The molecule has 1 aromatic heterocycles. The molecule has 0 fully saturated rings. The number of benzene rings is 2. The highest BCUT2D eigenvalue weighted by Crippen LogP contribution is 2.39. The summed E-state index contributed by atoms with van der Waals surface area (Å²) < 4.78 is 26.2. The quantitative estimate of drug-likeness (QED) is 0.175. The minimum atomic E-state index is -0.814. The van der Waals surface area contributed by atoms with Gasteiger partial charge in [-0.25, -0.2) is 14.1 Å². The Hall–Kier alpha value is -4.22. The number of nitrogen functional groups attached to an aromatic ring is 1. The number of esters is 1. The zero-order chi connectivity index (χ0) is 31.8. The number of anilines is 2. The number of ether oxygens (including phenoxy) is 2. The van der Waals surface area contributed by atoms with E-state index in [1.807, 2.05) is 25.1 Å². The summed E-state index contributed by atoms with van der Waals surface area (Å²) in [5.41, 5.74) is 6.57. The van der Waals surface area contributed by atoms with Crippen molar-refractivity contribution >= 4 is 52.4 Å².